The number of azide groups is 1. The minimum atomic E-state index is -3.82. The average molecular weight is 268 g/mol. The van der Waals surface area contributed by atoms with Gasteiger partial charge in [-0.15, -0.1) is 0 Å². The van der Waals surface area contributed by atoms with Crippen molar-refractivity contribution in [2.45, 2.75) is 4.90 Å². The van der Waals surface area contributed by atoms with Gasteiger partial charge in [0, 0.05) is 26.7 Å². The van der Waals surface area contributed by atoms with Gasteiger partial charge in [0.1, 0.15) is 0 Å². The van der Waals surface area contributed by atoms with Gasteiger partial charge in [0.25, 0.3) is 9.05 Å². The Balaban J connectivity index is 2.93. The van der Waals surface area contributed by atoms with Crippen LogP contribution in [0.2, 0.25) is 0 Å². The normalized spacial score (nSPS) is 11.1. The van der Waals surface area contributed by atoms with Gasteiger partial charge in [-0.25, -0.2) is 8.42 Å². The van der Waals surface area contributed by atoms with Gasteiger partial charge in [0.15, 0.2) is 0 Å². The Labute approximate surface area is 102 Å². The van der Waals surface area contributed by atoms with Crippen molar-refractivity contribution in [3.8, 4) is 0 Å². The zero-order valence-corrected chi connectivity index (χ0v) is 9.98. The minimum absolute atomic E-state index is 0.00616. The predicted molar refractivity (Wildman–Crippen MR) is 65.8 cm³/mol. The van der Waals surface area contributed by atoms with Crippen molar-refractivity contribution in [2.24, 2.45) is 5.11 Å². The molecule has 0 saturated carbocycles. The first-order valence-electron chi connectivity index (χ1n) is 4.55. The quantitative estimate of drug-likeness (QED) is 0.360. The molecule has 17 heavy (non-hydrogen) atoms. The highest BCUT2D eigenvalue weighted by atomic mass is 35.7. The summed E-state index contributed by atoms with van der Waals surface area (Å²) in [5.41, 5.74) is 8.79. The SMILES string of the molecule is [N-]=[N+]=Nc1cccc2c(S(=O)(=O)Cl)cccc12. The van der Waals surface area contributed by atoms with Crippen LogP contribution in [0.5, 0.6) is 0 Å². The molecule has 0 amide bonds. The van der Waals surface area contributed by atoms with Crippen LogP contribution in [0.25, 0.3) is 21.2 Å². The highest BCUT2D eigenvalue weighted by molar-refractivity contribution is 8.14. The fourth-order valence-electron chi connectivity index (χ4n) is 1.61. The fourth-order valence-corrected chi connectivity index (χ4v) is 2.70. The minimum Gasteiger partial charge on any atom is -0.207 e. The standard InChI is InChI=1S/C10H6ClN3O2S/c11-17(15,16)10-6-2-3-7-8(10)4-1-5-9(7)13-14-12/h1-6H. The molecule has 0 fully saturated rings. The van der Waals surface area contributed by atoms with E-state index < -0.39 is 9.05 Å². The second-order valence-corrected chi connectivity index (χ2v) is 5.79. The van der Waals surface area contributed by atoms with Gasteiger partial charge in [-0.05, 0) is 17.0 Å². The van der Waals surface area contributed by atoms with Crippen LogP contribution in [0, 0.1) is 0 Å². The van der Waals surface area contributed by atoms with Crippen LogP contribution in [0.1, 0.15) is 0 Å². The number of hydrogen-bond donors (Lipinski definition) is 0. The number of hydrogen-bond acceptors (Lipinski definition) is 3. The summed E-state index contributed by atoms with van der Waals surface area (Å²) in [5.74, 6) is 0. The van der Waals surface area contributed by atoms with Gasteiger partial charge in [0.2, 0.25) is 0 Å². The summed E-state index contributed by atoms with van der Waals surface area (Å²) in [6.45, 7) is 0. The molecule has 0 radical (unpaired) electrons. The van der Waals surface area contributed by atoms with E-state index in [1.54, 1.807) is 30.3 Å². The molecule has 2 aromatic rings. The van der Waals surface area contributed by atoms with Crippen molar-refractivity contribution in [1.29, 1.82) is 0 Å². The van der Waals surface area contributed by atoms with Crippen LogP contribution >= 0.6 is 10.7 Å². The summed E-state index contributed by atoms with van der Waals surface area (Å²) in [6.07, 6.45) is 0. The van der Waals surface area contributed by atoms with E-state index in [1.807, 2.05) is 0 Å². The van der Waals surface area contributed by atoms with Gasteiger partial charge in [-0.1, -0.05) is 35.4 Å². The second-order valence-electron chi connectivity index (χ2n) is 3.26. The van der Waals surface area contributed by atoms with Gasteiger partial charge in [0.05, 0.1) is 4.90 Å². The number of rotatable bonds is 2. The van der Waals surface area contributed by atoms with Crippen LogP contribution in [0.15, 0.2) is 46.4 Å². The Morgan fingerprint density at radius 1 is 1.12 bits per heavy atom. The molecule has 0 heterocycles. The van der Waals surface area contributed by atoms with E-state index in [0.29, 0.717) is 16.5 Å². The Hall–Kier alpha value is -1.75. The molecule has 0 atom stereocenters. The molecule has 2 aromatic carbocycles. The molecule has 0 spiro atoms. The second kappa shape index (κ2) is 4.25. The van der Waals surface area contributed by atoms with Crippen molar-refractivity contribution in [3.63, 3.8) is 0 Å². The van der Waals surface area contributed by atoms with E-state index in [1.165, 1.54) is 6.07 Å². The molecule has 0 aromatic heterocycles. The molecule has 2 rings (SSSR count). The molecule has 0 saturated heterocycles. The molecule has 0 aliphatic heterocycles. The van der Waals surface area contributed by atoms with Gasteiger partial charge < -0.3 is 0 Å². The summed E-state index contributed by atoms with van der Waals surface area (Å²) < 4.78 is 22.8. The lowest BCUT2D eigenvalue weighted by Gasteiger charge is -2.04. The summed E-state index contributed by atoms with van der Waals surface area (Å²) >= 11 is 0. The van der Waals surface area contributed by atoms with Crippen LogP contribution in [0.3, 0.4) is 0 Å². The van der Waals surface area contributed by atoms with Crippen molar-refractivity contribution in [2.75, 3.05) is 0 Å². The van der Waals surface area contributed by atoms with Crippen molar-refractivity contribution >= 4 is 36.2 Å². The van der Waals surface area contributed by atoms with Gasteiger partial charge >= 0.3 is 0 Å². The largest absolute Gasteiger partial charge is 0.261 e. The van der Waals surface area contributed by atoms with Crippen LogP contribution < -0.4 is 0 Å². The highest BCUT2D eigenvalue weighted by Crippen LogP contribution is 2.31. The lowest BCUT2D eigenvalue weighted by Crippen LogP contribution is -1.91. The van der Waals surface area contributed by atoms with Crippen molar-refractivity contribution < 1.29 is 8.42 Å². The molecular formula is C10H6ClN3O2S. The van der Waals surface area contributed by atoms with Gasteiger partial charge in [-0.3, -0.25) is 0 Å². The van der Waals surface area contributed by atoms with Crippen LogP contribution in [-0.2, 0) is 9.05 Å². The van der Waals surface area contributed by atoms with E-state index in [2.05, 4.69) is 10.0 Å². The van der Waals surface area contributed by atoms with E-state index in [-0.39, 0.29) is 4.90 Å². The third-order valence-corrected chi connectivity index (χ3v) is 3.65. The molecule has 0 N–H and O–H groups in total. The van der Waals surface area contributed by atoms with Crippen LogP contribution in [0.4, 0.5) is 5.69 Å². The predicted octanol–water partition coefficient (Wildman–Crippen LogP) is 3.71. The summed E-state index contributed by atoms with van der Waals surface area (Å²) in [7, 11) is 1.51. The first-order valence-corrected chi connectivity index (χ1v) is 6.86. The van der Waals surface area contributed by atoms with Crippen LogP contribution in [-0.4, -0.2) is 8.42 Å². The third-order valence-electron chi connectivity index (χ3n) is 2.27. The summed E-state index contributed by atoms with van der Waals surface area (Å²) in [5, 5.41) is 4.49. The average Bonchev–Trinajstić information content (AvgIpc) is 2.28. The maximum absolute atomic E-state index is 11.4. The summed E-state index contributed by atoms with van der Waals surface area (Å²) in [6, 6.07) is 9.45. The van der Waals surface area contributed by atoms with E-state index >= 15 is 0 Å². The van der Waals surface area contributed by atoms with Gasteiger partial charge in [-0.2, -0.15) is 0 Å². The molecule has 0 bridgehead atoms. The smallest absolute Gasteiger partial charge is 0.207 e. The van der Waals surface area contributed by atoms with Crippen molar-refractivity contribution in [3.05, 3.63) is 46.8 Å². The summed E-state index contributed by atoms with van der Waals surface area (Å²) in [4.78, 5) is 2.70. The van der Waals surface area contributed by atoms with E-state index in [9.17, 15) is 8.42 Å². The lowest BCUT2D eigenvalue weighted by atomic mass is 10.1. The molecule has 86 valence electrons. The molecular weight excluding hydrogens is 262 g/mol. The monoisotopic (exact) mass is 267 g/mol. The molecule has 5 nitrogen and oxygen atoms in total. The first-order chi connectivity index (χ1) is 8.04. The zero-order chi connectivity index (χ0) is 12.5. The molecule has 0 aliphatic carbocycles. The maximum atomic E-state index is 11.4. The van der Waals surface area contributed by atoms with Crippen molar-refractivity contribution in [1.82, 2.24) is 0 Å². The van der Waals surface area contributed by atoms with E-state index in [0.717, 1.165) is 0 Å². The Bertz CT molecular complexity index is 736. The maximum Gasteiger partial charge on any atom is 0.261 e. The Kier molecular flexibility index (Phi) is 2.93. The zero-order valence-electron chi connectivity index (χ0n) is 8.41. The Morgan fingerprint density at radius 3 is 2.41 bits per heavy atom. The number of nitrogens with zero attached hydrogens (tertiary/aromatic N) is 3. The number of benzene rings is 2. The fraction of sp³-hybridized carbons (Fsp3) is 0. The topological polar surface area (TPSA) is 82.9 Å². The third kappa shape index (κ3) is 2.19. The molecule has 0 unspecified atom stereocenters. The highest BCUT2D eigenvalue weighted by Gasteiger charge is 2.14. The first kappa shape index (κ1) is 11.7. The molecule has 0 aliphatic rings. The number of halogens is 1. The number of fused-ring (bicyclic) bond motifs is 1. The molecule has 7 heteroatoms. The Morgan fingerprint density at radius 2 is 1.76 bits per heavy atom. The van der Waals surface area contributed by atoms with E-state index in [4.69, 9.17) is 16.2 Å². The lowest BCUT2D eigenvalue weighted by molar-refractivity contribution is 0.610.